The highest BCUT2D eigenvalue weighted by molar-refractivity contribution is 5.96. The first-order valence-corrected chi connectivity index (χ1v) is 6.51. The van der Waals surface area contributed by atoms with Gasteiger partial charge in [-0.1, -0.05) is 59.7 Å². The van der Waals surface area contributed by atoms with Gasteiger partial charge in [-0.15, -0.1) is 0 Å². The lowest BCUT2D eigenvalue weighted by Crippen LogP contribution is -1.99. The minimum absolute atomic E-state index is 0.0813. The Morgan fingerprint density at radius 3 is 2.30 bits per heavy atom. The maximum Gasteiger partial charge on any atom is 0.162 e. The molecule has 2 aromatic rings. The van der Waals surface area contributed by atoms with Gasteiger partial charge in [0.15, 0.2) is 5.78 Å². The van der Waals surface area contributed by atoms with Crippen LogP contribution in [0.15, 0.2) is 59.7 Å². The predicted octanol–water partition coefficient (Wildman–Crippen LogP) is 4.63. The molecule has 0 fully saturated rings. The van der Waals surface area contributed by atoms with Gasteiger partial charge >= 0.3 is 0 Å². The molecule has 4 heteroatoms. The zero-order chi connectivity index (χ0) is 14.2. The number of azide groups is 1. The fraction of sp³-hybridized carbons (Fsp3) is 0.188. The van der Waals surface area contributed by atoms with E-state index >= 15 is 0 Å². The smallest absolute Gasteiger partial charge is 0.162 e. The molecule has 0 saturated heterocycles. The van der Waals surface area contributed by atoms with E-state index in [1.807, 2.05) is 54.6 Å². The van der Waals surface area contributed by atoms with Gasteiger partial charge < -0.3 is 0 Å². The van der Waals surface area contributed by atoms with E-state index in [1.54, 1.807) is 0 Å². The van der Waals surface area contributed by atoms with Gasteiger partial charge in [0.25, 0.3) is 0 Å². The number of hydrogen-bond acceptors (Lipinski definition) is 2. The van der Waals surface area contributed by atoms with Crippen LogP contribution in [0.1, 0.15) is 23.2 Å². The molecule has 4 nitrogen and oxygen atoms in total. The number of ketones is 1. The Balaban J connectivity index is 2.01. The van der Waals surface area contributed by atoms with Crippen molar-refractivity contribution >= 4 is 5.78 Å². The number of hydrogen-bond donors (Lipinski definition) is 0. The van der Waals surface area contributed by atoms with E-state index in [2.05, 4.69) is 10.0 Å². The van der Waals surface area contributed by atoms with Crippen LogP contribution in [0, 0.1) is 0 Å². The summed E-state index contributed by atoms with van der Waals surface area (Å²) in [5.41, 5.74) is 11.1. The number of carbonyl (C=O) groups excluding carboxylic acids is 1. The number of nitrogens with zero attached hydrogens (tertiary/aromatic N) is 3. The number of carbonyl (C=O) groups is 1. The van der Waals surface area contributed by atoms with Crippen LogP contribution in [0.5, 0.6) is 0 Å². The largest absolute Gasteiger partial charge is 0.294 e. The first kappa shape index (κ1) is 13.8. The Kier molecular flexibility index (Phi) is 4.93. The van der Waals surface area contributed by atoms with Gasteiger partial charge in [0.2, 0.25) is 0 Å². The number of benzene rings is 2. The highest BCUT2D eigenvalue weighted by atomic mass is 16.1. The second-order valence-corrected chi connectivity index (χ2v) is 4.42. The van der Waals surface area contributed by atoms with Crippen molar-refractivity contribution < 1.29 is 4.79 Å². The van der Waals surface area contributed by atoms with Crippen molar-refractivity contribution in [1.29, 1.82) is 0 Å². The maximum atomic E-state index is 11.9. The summed E-state index contributed by atoms with van der Waals surface area (Å²) in [6.45, 7) is 0.365. The highest BCUT2D eigenvalue weighted by Gasteiger charge is 2.05. The average Bonchev–Trinajstić information content (AvgIpc) is 2.52. The van der Waals surface area contributed by atoms with Crippen LogP contribution in [0.2, 0.25) is 0 Å². The van der Waals surface area contributed by atoms with E-state index in [0.29, 0.717) is 24.9 Å². The van der Waals surface area contributed by atoms with Crippen molar-refractivity contribution in [3.8, 4) is 11.1 Å². The van der Waals surface area contributed by atoms with Crippen molar-refractivity contribution in [2.45, 2.75) is 12.8 Å². The van der Waals surface area contributed by atoms with Crippen LogP contribution in [-0.2, 0) is 0 Å². The summed E-state index contributed by atoms with van der Waals surface area (Å²) in [4.78, 5) is 14.6. The lowest BCUT2D eigenvalue weighted by Gasteiger charge is -2.03. The molecule has 2 aromatic carbocycles. The van der Waals surface area contributed by atoms with Gasteiger partial charge in [-0.2, -0.15) is 0 Å². The zero-order valence-electron chi connectivity index (χ0n) is 11.1. The topological polar surface area (TPSA) is 65.8 Å². The van der Waals surface area contributed by atoms with Gasteiger partial charge in [-0.3, -0.25) is 4.79 Å². The Labute approximate surface area is 117 Å². The van der Waals surface area contributed by atoms with Crippen molar-refractivity contribution in [1.82, 2.24) is 0 Å². The van der Waals surface area contributed by atoms with Crippen LogP contribution in [-0.4, -0.2) is 12.3 Å². The molecule has 20 heavy (non-hydrogen) atoms. The van der Waals surface area contributed by atoms with Gasteiger partial charge in [0, 0.05) is 23.4 Å². The predicted molar refractivity (Wildman–Crippen MR) is 79.5 cm³/mol. The van der Waals surface area contributed by atoms with Crippen LogP contribution in [0.4, 0.5) is 0 Å². The molecule has 0 amide bonds. The molecule has 0 bridgehead atoms. The van der Waals surface area contributed by atoms with Crippen molar-refractivity contribution in [3.05, 3.63) is 70.6 Å². The molecule has 100 valence electrons. The molecule has 0 saturated carbocycles. The summed E-state index contributed by atoms with van der Waals surface area (Å²) < 4.78 is 0. The van der Waals surface area contributed by atoms with Crippen LogP contribution < -0.4 is 0 Å². The summed E-state index contributed by atoms with van der Waals surface area (Å²) in [7, 11) is 0. The number of Topliss-reactive ketones (excluding diaryl/α,β-unsaturated/α-hetero) is 1. The SMILES string of the molecule is [N-]=[N+]=NCCCC(=O)c1ccc(-c2ccccc2)cc1. The lowest BCUT2D eigenvalue weighted by molar-refractivity contribution is 0.0981. The summed E-state index contributed by atoms with van der Waals surface area (Å²) >= 11 is 0. The molecule has 0 spiro atoms. The Morgan fingerprint density at radius 1 is 1.00 bits per heavy atom. The Bertz CT molecular complexity index is 614. The molecule has 0 aliphatic carbocycles. The van der Waals surface area contributed by atoms with Crippen LogP contribution >= 0.6 is 0 Å². The minimum atomic E-state index is 0.0813. The van der Waals surface area contributed by atoms with Gasteiger partial charge in [0.05, 0.1) is 0 Å². The Morgan fingerprint density at radius 2 is 1.65 bits per heavy atom. The molecule has 0 radical (unpaired) electrons. The van der Waals surface area contributed by atoms with Gasteiger partial charge in [0.1, 0.15) is 0 Å². The molecule has 2 rings (SSSR count). The van der Waals surface area contributed by atoms with Crippen LogP contribution in [0.25, 0.3) is 21.6 Å². The van der Waals surface area contributed by atoms with Crippen molar-refractivity contribution in [2.24, 2.45) is 5.11 Å². The van der Waals surface area contributed by atoms with Crippen LogP contribution in [0.3, 0.4) is 0 Å². The van der Waals surface area contributed by atoms with E-state index in [9.17, 15) is 4.79 Å². The summed E-state index contributed by atoms with van der Waals surface area (Å²) in [6.07, 6.45) is 0.993. The van der Waals surface area contributed by atoms with E-state index < -0.39 is 0 Å². The lowest BCUT2D eigenvalue weighted by atomic mass is 10.0. The van der Waals surface area contributed by atoms with E-state index in [4.69, 9.17) is 5.53 Å². The molecule has 0 aliphatic rings. The van der Waals surface area contributed by atoms with Gasteiger partial charge in [-0.25, -0.2) is 0 Å². The molecular weight excluding hydrogens is 250 g/mol. The van der Waals surface area contributed by atoms with Crippen molar-refractivity contribution in [2.75, 3.05) is 6.54 Å². The molecule has 0 aromatic heterocycles. The zero-order valence-corrected chi connectivity index (χ0v) is 11.1. The summed E-state index contributed by atoms with van der Waals surface area (Å²) in [6, 6.07) is 17.6. The molecule has 0 unspecified atom stereocenters. The molecule has 0 aliphatic heterocycles. The molecule has 0 heterocycles. The summed E-state index contributed by atoms with van der Waals surface area (Å²) in [5, 5.41) is 3.42. The third-order valence-corrected chi connectivity index (χ3v) is 3.04. The first-order valence-electron chi connectivity index (χ1n) is 6.51. The standard InChI is InChI=1S/C16H15N3O/c17-19-18-12-4-7-16(20)15-10-8-14(9-11-15)13-5-2-1-3-6-13/h1-3,5-6,8-11H,4,7,12H2. The van der Waals surface area contributed by atoms with Gasteiger partial charge in [-0.05, 0) is 23.1 Å². The average molecular weight is 265 g/mol. The maximum absolute atomic E-state index is 11.9. The second-order valence-electron chi connectivity index (χ2n) is 4.42. The quantitative estimate of drug-likeness (QED) is 0.247. The minimum Gasteiger partial charge on any atom is -0.294 e. The highest BCUT2D eigenvalue weighted by Crippen LogP contribution is 2.19. The van der Waals surface area contributed by atoms with E-state index in [1.165, 1.54) is 0 Å². The third kappa shape index (κ3) is 3.70. The van der Waals surface area contributed by atoms with E-state index in [0.717, 1.165) is 11.1 Å². The van der Waals surface area contributed by atoms with Crippen molar-refractivity contribution in [3.63, 3.8) is 0 Å². The fourth-order valence-electron chi connectivity index (χ4n) is 1.98. The fourth-order valence-corrected chi connectivity index (χ4v) is 1.98. The van der Waals surface area contributed by atoms with E-state index in [-0.39, 0.29) is 5.78 Å². The second kappa shape index (κ2) is 7.12. The number of rotatable bonds is 6. The molecular formula is C16H15N3O. The monoisotopic (exact) mass is 265 g/mol. The third-order valence-electron chi connectivity index (χ3n) is 3.04. The summed E-state index contributed by atoms with van der Waals surface area (Å²) in [5.74, 6) is 0.0813. The molecule has 0 N–H and O–H groups in total. The molecule has 0 atom stereocenters. The normalized spacial score (nSPS) is 9.80. The first-order chi connectivity index (χ1) is 9.81. The Hall–Kier alpha value is -2.58.